The molecule has 5 heteroatoms. The van der Waals surface area contributed by atoms with Crippen molar-refractivity contribution >= 4 is 9.84 Å². The Labute approximate surface area is 102 Å². The summed E-state index contributed by atoms with van der Waals surface area (Å²) in [7, 11) is -3.22. The van der Waals surface area contributed by atoms with Gasteiger partial charge < -0.3 is 10.1 Å². The molecule has 0 aromatic heterocycles. The van der Waals surface area contributed by atoms with Crippen molar-refractivity contribution in [1.82, 2.24) is 5.32 Å². The van der Waals surface area contributed by atoms with Crippen LogP contribution >= 0.6 is 0 Å². The fourth-order valence-electron chi connectivity index (χ4n) is 1.87. The van der Waals surface area contributed by atoms with Crippen LogP contribution in [0.2, 0.25) is 0 Å². The van der Waals surface area contributed by atoms with E-state index in [1.54, 1.807) is 31.2 Å². The zero-order chi connectivity index (χ0) is 12.3. The van der Waals surface area contributed by atoms with E-state index in [0.717, 1.165) is 19.5 Å². The van der Waals surface area contributed by atoms with Crippen molar-refractivity contribution in [3.05, 3.63) is 24.3 Å². The van der Waals surface area contributed by atoms with Crippen molar-refractivity contribution in [2.45, 2.75) is 24.3 Å². The quantitative estimate of drug-likeness (QED) is 0.879. The standard InChI is InChI=1S/C12H17NO3S/c1-2-17(14,15)12-6-4-3-5-11(12)16-10-7-8-13-9-10/h3-6,10,13H,2,7-9H2,1H3. The second-order valence-corrected chi connectivity index (χ2v) is 6.33. The van der Waals surface area contributed by atoms with Gasteiger partial charge in [-0.2, -0.15) is 0 Å². The van der Waals surface area contributed by atoms with Crippen LogP contribution in [0.15, 0.2) is 29.2 Å². The maximum absolute atomic E-state index is 11.9. The van der Waals surface area contributed by atoms with Crippen LogP contribution < -0.4 is 10.1 Å². The van der Waals surface area contributed by atoms with E-state index < -0.39 is 9.84 Å². The Morgan fingerprint density at radius 1 is 1.41 bits per heavy atom. The Morgan fingerprint density at radius 2 is 2.18 bits per heavy atom. The van der Waals surface area contributed by atoms with E-state index >= 15 is 0 Å². The van der Waals surface area contributed by atoms with Crippen LogP contribution in [0.3, 0.4) is 0 Å². The first-order valence-corrected chi connectivity index (χ1v) is 7.48. The summed E-state index contributed by atoms with van der Waals surface area (Å²) in [6, 6.07) is 6.85. The number of hydrogen-bond donors (Lipinski definition) is 1. The van der Waals surface area contributed by atoms with Crippen LogP contribution in [0.25, 0.3) is 0 Å². The average Bonchev–Trinajstić information content (AvgIpc) is 2.82. The highest BCUT2D eigenvalue weighted by molar-refractivity contribution is 7.91. The zero-order valence-electron chi connectivity index (χ0n) is 9.85. The Morgan fingerprint density at radius 3 is 2.82 bits per heavy atom. The van der Waals surface area contributed by atoms with Crippen molar-refractivity contribution in [2.24, 2.45) is 0 Å². The first-order chi connectivity index (χ1) is 8.13. The first kappa shape index (κ1) is 12.4. The van der Waals surface area contributed by atoms with Gasteiger partial charge in [-0.3, -0.25) is 0 Å². The predicted octanol–water partition coefficient (Wildman–Crippen LogP) is 1.22. The Balaban J connectivity index is 2.27. The van der Waals surface area contributed by atoms with Crippen LogP contribution in [-0.4, -0.2) is 33.4 Å². The molecule has 94 valence electrons. The fraction of sp³-hybridized carbons (Fsp3) is 0.500. The smallest absolute Gasteiger partial charge is 0.181 e. The third kappa shape index (κ3) is 2.79. The predicted molar refractivity (Wildman–Crippen MR) is 66.1 cm³/mol. The molecule has 0 saturated carbocycles. The summed E-state index contributed by atoms with van der Waals surface area (Å²) in [5.74, 6) is 0.569. The van der Waals surface area contributed by atoms with Crippen molar-refractivity contribution in [1.29, 1.82) is 0 Å². The van der Waals surface area contributed by atoms with Gasteiger partial charge in [-0.25, -0.2) is 8.42 Å². The Kier molecular flexibility index (Phi) is 3.69. The summed E-state index contributed by atoms with van der Waals surface area (Å²) < 4.78 is 29.6. The summed E-state index contributed by atoms with van der Waals surface area (Å²) in [4.78, 5) is 0.300. The third-order valence-electron chi connectivity index (χ3n) is 2.87. The van der Waals surface area contributed by atoms with Gasteiger partial charge in [-0.1, -0.05) is 19.1 Å². The monoisotopic (exact) mass is 255 g/mol. The number of sulfone groups is 1. The molecular weight excluding hydrogens is 238 g/mol. The van der Waals surface area contributed by atoms with Crippen LogP contribution in [0.1, 0.15) is 13.3 Å². The molecule has 1 aliphatic heterocycles. The topological polar surface area (TPSA) is 55.4 Å². The molecule has 0 bridgehead atoms. The normalized spacial score (nSPS) is 20.4. The van der Waals surface area contributed by atoms with E-state index in [2.05, 4.69) is 5.32 Å². The van der Waals surface area contributed by atoms with Crippen molar-refractivity contribution in [3.8, 4) is 5.75 Å². The maximum atomic E-state index is 11.9. The number of benzene rings is 1. The molecule has 1 aromatic carbocycles. The van der Waals surface area contributed by atoms with Gasteiger partial charge >= 0.3 is 0 Å². The molecule has 1 aromatic rings. The number of ether oxygens (including phenoxy) is 1. The molecule has 17 heavy (non-hydrogen) atoms. The molecule has 0 aliphatic carbocycles. The Bertz CT molecular complexity index is 478. The largest absolute Gasteiger partial charge is 0.488 e. The number of hydrogen-bond acceptors (Lipinski definition) is 4. The van der Waals surface area contributed by atoms with Gasteiger partial charge in [0.25, 0.3) is 0 Å². The van der Waals surface area contributed by atoms with E-state index in [-0.39, 0.29) is 11.9 Å². The van der Waals surface area contributed by atoms with Crippen molar-refractivity contribution < 1.29 is 13.2 Å². The number of rotatable bonds is 4. The lowest BCUT2D eigenvalue weighted by atomic mass is 10.3. The maximum Gasteiger partial charge on any atom is 0.181 e. The van der Waals surface area contributed by atoms with E-state index in [4.69, 9.17) is 4.74 Å². The molecule has 2 rings (SSSR count). The number of para-hydroxylation sites is 1. The lowest BCUT2D eigenvalue weighted by Gasteiger charge is -2.15. The van der Waals surface area contributed by atoms with Gasteiger partial charge in [-0.05, 0) is 25.1 Å². The molecule has 0 radical (unpaired) electrons. The van der Waals surface area contributed by atoms with Crippen LogP contribution in [0, 0.1) is 0 Å². The van der Waals surface area contributed by atoms with Gasteiger partial charge in [-0.15, -0.1) is 0 Å². The average molecular weight is 255 g/mol. The highest BCUT2D eigenvalue weighted by Crippen LogP contribution is 2.26. The molecule has 1 saturated heterocycles. The third-order valence-corrected chi connectivity index (χ3v) is 4.64. The van der Waals surface area contributed by atoms with Gasteiger partial charge in [0, 0.05) is 6.54 Å². The molecule has 1 atom stereocenters. The highest BCUT2D eigenvalue weighted by Gasteiger charge is 2.21. The summed E-state index contributed by atoms with van der Waals surface area (Å²) in [6.07, 6.45) is 0.990. The van der Waals surface area contributed by atoms with Crippen LogP contribution in [0.5, 0.6) is 5.75 Å². The van der Waals surface area contributed by atoms with Gasteiger partial charge in [0.05, 0.1) is 5.75 Å². The van der Waals surface area contributed by atoms with Gasteiger partial charge in [0.1, 0.15) is 16.7 Å². The van der Waals surface area contributed by atoms with Crippen molar-refractivity contribution in [2.75, 3.05) is 18.8 Å². The van der Waals surface area contributed by atoms with E-state index in [1.165, 1.54) is 0 Å². The minimum atomic E-state index is -3.22. The summed E-state index contributed by atoms with van der Waals surface area (Å²) >= 11 is 0. The highest BCUT2D eigenvalue weighted by atomic mass is 32.2. The molecule has 1 fully saturated rings. The zero-order valence-corrected chi connectivity index (χ0v) is 10.7. The molecule has 1 N–H and O–H groups in total. The molecular formula is C12H17NO3S. The SMILES string of the molecule is CCS(=O)(=O)c1ccccc1OC1CCNC1. The molecule has 0 spiro atoms. The van der Waals surface area contributed by atoms with E-state index in [1.807, 2.05) is 0 Å². The van der Waals surface area contributed by atoms with Crippen LogP contribution in [-0.2, 0) is 9.84 Å². The Hall–Kier alpha value is -1.07. The minimum Gasteiger partial charge on any atom is -0.488 e. The molecule has 0 amide bonds. The second-order valence-electron chi connectivity index (χ2n) is 4.08. The summed E-state index contributed by atoms with van der Waals surface area (Å²) in [6.45, 7) is 3.34. The van der Waals surface area contributed by atoms with Gasteiger partial charge in [0.15, 0.2) is 9.84 Å². The summed E-state index contributed by atoms with van der Waals surface area (Å²) in [5.41, 5.74) is 0. The molecule has 4 nitrogen and oxygen atoms in total. The second kappa shape index (κ2) is 5.06. The fourth-order valence-corrected chi connectivity index (χ4v) is 2.89. The van der Waals surface area contributed by atoms with Gasteiger partial charge in [0.2, 0.25) is 0 Å². The lowest BCUT2D eigenvalue weighted by molar-refractivity contribution is 0.217. The molecule has 1 aliphatic rings. The molecule has 1 unspecified atom stereocenters. The summed E-state index contributed by atoms with van der Waals surface area (Å²) in [5, 5.41) is 3.19. The first-order valence-electron chi connectivity index (χ1n) is 5.82. The molecule has 1 heterocycles. The minimum absolute atomic E-state index is 0.0724. The van der Waals surface area contributed by atoms with Crippen LogP contribution in [0.4, 0.5) is 0 Å². The van der Waals surface area contributed by atoms with E-state index in [9.17, 15) is 8.42 Å². The number of nitrogens with one attached hydrogen (secondary N) is 1. The lowest BCUT2D eigenvalue weighted by Crippen LogP contribution is -2.20. The van der Waals surface area contributed by atoms with Crippen molar-refractivity contribution in [3.63, 3.8) is 0 Å². The van der Waals surface area contributed by atoms with E-state index in [0.29, 0.717) is 10.6 Å².